The van der Waals surface area contributed by atoms with Gasteiger partial charge in [0, 0.05) is 31.3 Å². The van der Waals surface area contributed by atoms with Gasteiger partial charge in [0.25, 0.3) is 0 Å². The minimum absolute atomic E-state index is 0.0126. The summed E-state index contributed by atoms with van der Waals surface area (Å²) in [6.45, 7) is 3.08. The quantitative estimate of drug-likeness (QED) is 0.270. The molecule has 204 valence electrons. The van der Waals surface area contributed by atoms with Crippen LogP contribution in [0.3, 0.4) is 0 Å². The minimum Gasteiger partial charge on any atom is -0.473 e. The Morgan fingerprint density at radius 1 is 1.27 bits per heavy atom. The van der Waals surface area contributed by atoms with E-state index in [9.17, 15) is 9.18 Å². The molecule has 3 aromatic heterocycles. The van der Waals surface area contributed by atoms with E-state index in [2.05, 4.69) is 20.9 Å². The lowest BCUT2D eigenvalue weighted by Crippen LogP contribution is -2.32. The number of carbonyl (C=O) groups excluding carboxylic acids is 1. The van der Waals surface area contributed by atoms with Gasteiger partial charge in [0.1, 0.15) is 28.9 Å². The van der Waals surface area contributed by atoms with Gasteiger partial charge in [0.15, 0.2) is 0 Å². The van der Waals surface area contributed by atoms with Gasteiger partial charge in [-0.05, 0) is 42.7 Å². The fourth-order valence-electron chi connectivity index (χ4n) is 4.59. The summed E-state index contributed by atoms with van der Waals surface area (Å²) in [5, 5.41) is 8.90. The highest BCUT2D eigenvalue weighted by Crippen LogP contribution is 2.27. The Balaban J connectivity index is 1.01. The largest absolute Gasteiger partial charge is 0.473 e. The van der Waals surface area contributed by atoms with Gasteiger partial charge in [-0.1, -0.05) is 18.2 Å². The molecule has 0 bridgehead atoms. The third-order valence-corrected chi connectivity index (χ3v) is 8.01. The Bertz CT molecular complexity index is 1620. The van der Waals surface area contributed by atoms with E-state index >= 15 is 0 Å². The number of fused-ring (bicyclic) bond motifs is 1. The van der Waals surface area contributed by atoms with Crippen molar-refractivity contribution in [2.45, 2.75) is 32.1 Å². The van der Waals surface area contributed by atoms with Crippen molar-refractivity contribution in [3.05, 3.63) is 82.4 Å². The summed E-state index contributed by atoms with van der Waals surface area (Å²) in [4.78, 5) is 25.1. The number of hydrogen-bond donors (Lipinski definition) is 0. The molecule has 1 aromatic carbocycles. The molecule has 9 nitrogen and oxygen atoms in total. The number of pyridine rings is 1. The van der Waals surface area contributed by atoms with E-state index in [4.69, 9.17) is 19.5 Å². The van der Waals surface area contributed by atoms with E-state index in [1.807, 2.05) is 28.8 Å². The monoisotopic (exact) mass is 559 g/mol. The molecule has 0 aliphatic carbocycles. The first-order chi connectivity index (χ1) is 19.6. The lowest BCUT2D eigenvalue weighted by molar-refractivity contribution is -0.0586. The number of esters is 1. The molecular formula is C29H26FN5O4S. The number of halogens is 1. The third-order valence-electron chi connectivity index (χ3n) is 6.99. The molecule has 40 heavy (non-hydrogen) atoms. The molecule has 2 aliphatic rings. The highest BCUT2D eigenvalue weighted by atomic mass is 32.1. The van der Waals surface area contributed by atoms with Crippen LogP contribution in [0.5, 0.6) is 5.88 Å². The van der Waals surface area contributed by atoms with Crippen molar-refractivity contribution in [3.8, 4) is 11.9 Å². The molecule has 1 unspecified atom stereocenters. The van der Waals surface area contributed by atoms with Gasteiger partial charge < -0.3 is 18.8 Å². The SMILES string of the molecule is N#Cc1ccc(COc2cccc(C3=CCN(COC(=O)c4cc5c(ncn5CC5CCO5)s4)CC3)n2)c(F)c1. The van der Waals surface area contributed by atoms with E-state index in [1.165, 1.54) is 17.4 Å². The van der Waals surface area contributed by atoms with Crippen LogP contribution in [-0.4, -0.2) is 57.9 Å². The topological polar surface area (TPSA) is 102 Å². The predicted molar refractivity (Wildman–Crippen MR) is 146 cm³/mol. The predicted octanol–water partition coefficient (Wildman–Crippen LogP) is 4.78. The first kappa shape index (κ1) is 26.1. The number of benzene rings is 1. The summed E-state index contributed by atoms with van der Waals surface area (Å²) in [5.74, 6) is -0.442. The van der Waals surface area contributed by atoms with Crippen LogP contribution in [0.4, 0.5) is 4.39 Å². The standard InChI is InChI=1S/C29H26FN5O4S/c30-23-12-19(14-31)4-5-21(23)16-38-27-3-1-2-24(33-27)20-6-9-34(10-7-20)18-39-29(36)26-13-25-28(40-26)32-17-35(25)15-22-8-11-37-22/h1-6,12-13,17,22H,7-11,15-16,18H2. The molecule has 0 amide bonds. The summed E-state index contributed by atoms with van der Waals surface area (Å²) < 4.78 is 33.0. The fourth-order valence-corrected chi connectivity index (χ4v) is 5.49. The van der Waals surface area contributed by atoms with Gasteiger partial charge in [-0.25, -0.2) is 19.2 Å². The van der Waals surface area contributed by atoms with Gasteiger partial charge in [0.2, 0.25) is 5.88 Å². The molecule has 1 atom stereocenters. The third kappa shape index (κ3) is 5.74. The van der Waals surface area contributed by atoms with Crippen LogP contribution < -0.4 is 4.74 Å². The molecule has 5 heterocycles. The van der Waals surface area contributed by atoms with Gasteiger partial charge >= 0.3 is 5.97 Å². The molecule has 1 saturated heterocycles. The summed E-state index contributed by atoms with van der Waals surface area (Å²) in [7, 11) is 0. The molecule has 0 radical (unpaired) electrons. The van der Waals surface area contributed by atoms with Crippen LogP contribution in [-0.2, 0) is 22.6 Å². The second-order valence-corrected chi connectivity index (χ2v) is 10.7. The van der Waals surface area contributed by atoms with Crippen LogP contribution >= 0.6 is 11.3 Å². The van der Waals surface area contributed by atoms with E-state index < -0.39 is 5.82 Å². The maximum atomic E-state index is 14.2. The Labute approximate surface area is 234 Å². The molecule has 4 aromatic rings. The number of imidazole rings is 1. The Morgan fingerprint density at radius 2 is 2.17 bits per heavy atom. The molecule has 11 heteroatoms. The van der Waals surface area contributed by atoms with Crippen molar-refractivity contribution in [2.24, 2.45) is 0 Å². The number of rotatable bonds is 9. The van der Waals surface area contributed by atoms with Crippen molar-refractivity contribution < 1.29 is 23.4 Å². The van der Waals surface area contributed by atoms with E-state index in [1.54, 1.807) is 24.5 Å². The van der Waals surface area contributed by atoms with Gasteiger partial charge in [-0.15, -0.1) is 11.3 Å². The number of aromatic nitrogens is 3. The highest BCUT2D eigenvalue weighted by molar-refractivity contribution is 7.20. The van der Waals surface area contributed by atoms with Crippen molar-refractivity contribution in [1.82, 2.24) is 19.4 Å². The molecule has 0 saturated carbocycles. The molecule has 1 fully saturated rings. The van der Waals surface area contributed by atoms with Crippen LogP contribution in [0.25, 0.3) is 15.9 Å². The Hall–Kier alpha value is -4.11. The van der Waals surface area contributed by atoms with Crippen molar-refractivity contribution in [2.75, 3.05) is 26.4 Å². The molecule has 0 spiro atoms. The summed E-state index contributed by atoms with van der Waals surface area (Å²) >= 11 is 1.34. The van der Waals surface area contributed by atoms with Crippen molar-refractivity contribution in [1.29, 1.82) is 5.26 Å². The fraction of sp³-hybridized carbons (Fsp3) is 0.310. The number of nitriles is 1. The van der Waals surface area contributed by atoms with Crippen LogP contribution in [0, 0.1) is 17.1 Å². The number of carbonyl (C=O) groups is 1. The second kappa shape index (κ2) is 11.6. The number of nitrogens with zero attached hydrogens (tertiary/aromatic N) is 5. The lowest BCUT2D eigenvalue weighted by atomic mass is 10.0. The molecule has 6 rings (SSSR count). The molecule has 0 N–H and O–H groups in total. The highest BCUT2D eigenvalue weighted by Gasteiger charge is 2.22. The first-order valence-electron chi connectivity index (χ1n) is 13.0. The average molecular weight is 560 g/mol. The zero-order valence-corrected chi connectivity index (χ0v) is 22.4. The van der Waals surface area contributed by atoms with Crippen LogP contribution in [0.15, 0.2) is 54.9 Å². The zero-order chi connectivity index (χ0) is 27.5. The van der Waals surface area contributed by atoms with Crippen molar-refractivity contribution in [3.63, 3.8) is 0 Å². The van der Waals surface area contributed by atoms with Crippen LogP contribution in [0.2, 0.25) is 0 Å². The number of ether oxygens (including phenoxy) is 3. The smallest absolute Gasteiger partial charge is 0.349 e. The Kier molecular flexibility index (Phi) is 7.55. The summed E-state index contributed by atoms with van der Waals surface area (Å²) in [6, 6.07) is 13.6. The second-order valence-electron chi connectivity index (χ2n) is 9.66. The van der Waals surface area contributed by atoms with Crippen molar-refractivity contribution >= 4 is 33.2 Å². The van der Waals surface area contributed by atoms with Crippen LogP contribution in [0.1, 0.15) is 39.3 Å². The van der Waals surface area contributed by atoms with E-state index in [0.29, 0.717) is 29.4 Å². The first-order valence-corrected chi connectivity index (χ1v) is 13.8. The Morgan fingerprint density at radius 3 is 2.92 bits per heavy atom. The maximum absolute atomic E-state index is 14.2. The minimum atomic E-state index is -0.483. The number of thiophene rings is 1. The van der Waals surface area contributed by atoms with Gasteiger partial charge in [-0.3, -0.25) is 4.90 Å². The molecular weight excluding hydrogens is 533 g/mol. The van der Waals surface area contributed by atoms with E-state index in [0.717, 1.165) is 47.6 Å². The average Bonchev–Trinajstić information content (AvgIpc) is 3.55. The number of hydrogen-bond acceptors (Lipinski definition) is 9. The summed E-state index contributed by atoms with van der Waals surface area (Å²) in [6.07, 6.45) is 5.85. The molecule has 2 aliphatic heterocycles. The lowest BCUT2D eigenvalue weighted by Gasteiger charge is -2.26. The zero-order valence-electron chi connectivity index (χ0n) is 21.6. The summed E-state index contributed by atoms with van der Waals surface area (Å²) in [5.41, 5.74) is 3.41. The van der Waals surface area contributed by atoms with Gasteiger partial charge in [0.05, 0.1) is 41.8 Å². The van der Waals surface area contributed by atoms with E-state index in [-0.39, 0.29) is 31.0 Å². The van der Waals surface area contributed by atoms with Gasteiger partial charge in [-0.2, -0.15) is 5.26 Å². The normalized spacial score (nSPS) is 17.2. The maximum Gasteiger partial charge on any atom is 0.349 e.